The molecule has 2 N–H and O–H groups in total. The highest BCUT2D eigenvalue weighted by atomic mass is 19.3. The first-order valence-electron chi connectivity index (χ1n) is 6.14. The fourth-order valence-corrected chi connectivity index (χ4v) is 1.52. The lowest BCUT2D eigenvalue weighted by atomic mass is 10.2. The van der Waals surface area contributed by atoms with Crippen LogP contribution in [0.25, 0.3) is 0 Å². The average Bonchev–Trinajstić information content (AvgIpc) is 2.37. The van der Waals surface area contributed by atoms with Gasteiger partial charge in [0.25, 0.3) is 0 Å². The van der Waals surface area contributed by atoms with Crippen LogP contribution in [0, 0.1) is 0 Å². The molecule has 0 amide bonds. The number of rotatable bonds is 8. The van der Waals surface area contributed by atoms with Crippen LogP contribution < -0.4 is 10.1 Å². The summed E-state index contributed by atoms with van der Waals surface area (Å²) in [5.74, 6) is -0.537. The first kappa shape index (κ1) is 16.2. The van der Waals surface area contributed by atoms with Crippen LogP contribution in [0.2, 0.25) is 0 Å². The number of halogens is 2. The van der Waals surface area contributed by atoms with E-state index in [9.17, 15) is 18.7 Å². The van der Waals surface area contributed by atoms with Gasteiger partial charge in [-0.25, -0.2) is 0 Å². The van der Waals surface area contributed by atoms with Crippen LogP contribution in [0.4, 0.5) is 14.5 Å². The number of hydrogen-bond donors (Lipinski definition) is 2. The summed E-state index contributed by atoms with van der Waals surface area (Å²) in [5.41, 5.74) is 0.315. The molecule has 0 heterocycles. The lowest BCUT2D eigenvalue weighted by Crippen LogP contribution is -2.24. The molecule has 112 valence electrons. The van der Waals surface area contributed by atoms with Crippen LogP contribution in [0.5, 0.6) is 5.75 Å². The van der Waals surface area contributed by atoms with E-state index in [1.165, 1.54) is 12.1 Å². The second-order valence-electron chi connectivity index (χ2n) is 3.92. The molecule has 0 fully saturated rings. The van der Waals surface area contributed by atoms with E-state index in [1.54, 1.807) is 19.1 Å². The van der Waals surface area contributed by atoms with Gasteiger partial charge in [0.1, 0.15) is 5.75 Å². The Kier molecular flexibility index (Phi) is 6.72. The Hall–Kier alpha value is -1.89. The molecule has 0 aromatic heterocycles. The Morgan fingerprint density at radius 3 is 2.75 bits per heavy atom. The number of nitrogens with one attached hydrogen (secondary N) is 1. The third-order valence-corrected chi connectivity index (χ3v) is 2.34. The van der Waals surface area contributed by atoms with Crippen molar-refractivity contribution in [3.63, 3.8) is 0 Å². The van der Waals surface area contributed by atoms with Gasteiger partial charge in [-0.3, -0.25) is 4.79 Å². The Bertz CT molecular complexity index is 429. The number of carbonyl (C=O) groups excluding carboxylic acids is 1. The molecule has 0 aliphatic rings. The van der Waals surface area contributed by atoms with Gasteiger partial charge in [-0.2, -0.15) is 8.78 Å². The molecule has 20 heavy (non-hydrogen) atoms. The number of anilines is 1. The van der Waals surface area contributed by atoms with Gasteiger partial charge in [0.2, 0.25) is 0 Å². The van der Waals surface area contributed by atoms with Gasteiger partial charge in [0, 0.05) is 6.54 Å². The van der Waals surface area contributed by atoms with Crippen LogP contribution in [0.15, 0.2) is 24.3 Å². The summed E-state index contributed by atoms with van der Waals surface area (Å²) in [7, 11) is 0. The average molecular weight is 289 g/mol. The number of aliphatic hydroxyl groups is 1. The van der Waals surface area contributed by atoms with Crippen molar-refractivity contribution in [2.24, 2.45) is 0 Å². The summed E-state index contributed by atoms with van der Waals surface area (Å²) in [6.07, 6.45) is -1.15. The molecule has 1 aromatic carbocycles. The fourth-order valence-electron chi connectivity index (χ4n) is 1.52. The van der Waals surface area contributed by atoms with Crippen LogP contribution in [0.1, 0.15) is 13.3 Å². The fraction of sp³-hybridized carbons (Fsp3) is 0.462. The van der Waals surface area contributed by atoms with E-state index in [4.69, 9.17) is 4.74 Å². The smallest absolute Gasteiger partial charge is 0.387 e. The summed E-state index contributed by atoms with van der Waals surface area (Å²) in [6.45, 7) is -1.00. The summed E-state index contributed by atoms with van der Waals surface area (Å²) in [6, 6.07) is 6.11. The number of carbonyl (C=O) groups is 1. The second kappa shape index (κ2) is 8.31. The van der Waals surface area contributed by atoms with Crippen molar-refractivity contribution in [3.8, 4) is 5.75 Å². The predicted octanol–water partition coefficient (Wildman–Crippen LogP) is 2.01. The Morgan fingerprint density at radius 1 is 1.40 bits per heavy atom. The molecule has 1 unspecified atom stereocenters. The third kappa shape index (κ3) is 5.83. The van der Waals surface area contributed by atoms with Crippen molar-refractivity contribution >= 4 is 11.7 Å². The molecule has 7 heteroatoms. The van der Waals surface area contributed by atoms with Crippen molar-refractivity contribution in [2.45, 2.75) is 26.1 Å². The zero-order chi connectivity index (χ0) is 15.0. The lowest BCUT2D eigenvalue weighted by molar-refractivity contribution is -0.145. The summed E-state index contributed by atoms with van der Waals surface area (Å²) in [5, 5.41) is 12.4. The molecule has 1 rings (SSSR count). The number of para-hydroxylation sites is 2. The van der Waals surface area contributed by atoms with E-state index in [1.807, 2.05) is 0 Å². The van der Waals surface area contributed by atoms with Crippen LogP contribution >= 0.6 is 0 Å². The number of ether oxygens (including phenoxy) is 2. The summed E-state index contributed by atoms with van der Waals surface area (Å²) >= 11 is 0. The molecule has 1 atom stereocenters. The van der Waals surface area contributed by atoms with E-state index in [0.717, 1.165) is 0 Å². The van der Waals surface area contributed by atoms with Gasteiger partial charge in [-0.15, -0.1) is 0 Å². The summed E-state index contributed by atoms with van der Waals surface area (Å²) < 4.78 is 33.4. The summed E-state index contributed by atoms with van der Waals surface area (Å²) in [4.78, 5) is 11.1. The highest BCUT2D eigenvalue weighted by Crippen LogP contribution is 2.25. The molecule has 0 spiro atoms. The van der Waals surface area contributed by atoms with Crippen LogP contribution in [-0.4, -0.2) is 36.9 Å². The molecular weight excluding hydrogens is 272 g/mol. The van der Waals surface area contributed by atoms with Crippen molar-refractivity contribution in [1.29, 1.82) is 0 Å². The second-order valence-corrected chi connectivity index (χ2v) is 3.92. The minimum Gasteiger partial charge on any atom is -0.466 e. The highest BCUT2D eigenvalue weighted by molar-refractivity contribution is 5.70. The van der Waals surface area contributed by atoms with Gasteiger partial charge in [-0.05, 0) is 19.1 Å². The third-order valence-electron chi connectivity index (χ3n) is 2.34. The number of aliphatic hydroxyl groups excluding tert-OH is 1. The largest absolute Gasteiger partial charge is 0.466 e. The molecule has 0 aliphatic carbocycles. The molecule has 0 radical (unpaired) electrons. The minimum atomic E-state index is -2.93. The van der Waals surface area contributed by atoms with Crippen molar-refractivity contribution in [2.75, 3.05) is 18.5 Å². The molecule has 0 saturated heterocycles. The number of hydrogen-bond acceptors (Lipinski definition) is 5. The van der Waals surface area contributed by atoms with Crippen molar-refractivity contribution in [1.82, 2.24) is 0 Å². The topological polar surface area (TPSA) is 67.8 Å². The lowest BCUT2D eigenvalue weighted by Gasteiger charge is -2.15. The SMILES string of the molecule is CCOC(=O)CC(O)CNc1ccccc1OC(F)F. The van der Waals surface area contributed by atoms with Crippen LogP contribution in [-0.2, 0) is 9.53 Å². The van der Waals surface area contributed by atoms with E-state index in [0.29, 0.717) is 5.69 Å². The zero-order valence-corrected chi connectivity index (χ0v) is 11.0. The van der Waals surface area contributed by atoms with Crippen LogP contribution in [0.3, 0.4) is 0 Å². The Balaban J connectivity index is 2.50. The maximum atomic E-state index is 12.2. The van der Waals surface area contributed by atoms with Crippen molar-refractivity contribution in [3.05, 3.63) is 24.3 Å². The quantitative estimate of drug-likeness (QED) is 0.717. The number of alkyl halides is 2. The maximum absolute atomic E-state index is 12.2. The first-order valence-corrected chi connectivity index (χ1v) is 6.14. The normalized spacial score (nSPS) is 12.1. The van der Waals surface area contributed by atoms with Crippen molar-refractivity contribution < 1.29 is 28.2 Å². The van der Waals surface area contributed by atoms with E-state index in [2.05, 4.69) is 10.1 Å². The molecule has 5 nitrogen and oxygen atoms in total. The predicted molar refractivity (Wildman–Crippen MR) is 68.8 cm³/mol. The molecule has 0 bridgehead atoms. The van der Waals surface area contributed by atoms with E-state index in [-0.39, 0.29) is 25.3 Å². The Morgan fingerprint density at radius 2 is 2.10 bits per heavy atom. The van der Waals surface area contributed by atoms with Gasteiger partial charge in [0.05, 0.1) is 24.8 Å². The van der Waals surface area contributed by atoms with Gasteiger partial charge in [-0.1, -0.05) is 12.1 Å². The number of benzene rings is 1. The maximum Gasteiger partial charge on any atom is 0.387 e. The zero-order valence-electron chi connectivity index (χ0n) is 11.0. The molecule has 0 aliphatic heterocycles. The molecule has 1 aromatic rings. The van der Waals surface area contributed by atoms with E-state index < -0.39 is 18.7 Å². The van der Waals surface area contributed by atoms with Gasteiger partial charge in [0.15, 0.2) is 0 Å². The monoisotopic (exact) mass is 289 g/mol. The standard InChI is InChI=1S/C13H17F2NO4/c1-2-19-12(18)7-9(17)8-16-10-5-3-4-6-11(10)20-13(14)15/h3-6,9,13,16-17H,2,7-8H2,1H3. The minimum absolute atomic E-state index is 0.0163. The van der Waals surface area contributed by atoms with Gasteiger partial charge >= 0.3 is 12.6 Å². The van der Waals surface area contributed by atoms with E-state index >= 15 is 0 Å². The molecule has 0 saturated carbocycles. The highest BCUT2D eigenvalue weighted by Gasteiger charge is 2.13. The first-order chi connectivity index (χ1) is 9.52. The number of esters is 1. The van der Waals surface area contributed by atoms with Gasteiger partial charge < -0.3 is 19.9 Å². The molecular formula is C13H17F2NO4. The Labute approximate surface area is 115 Å².